The van der Waals surface area contributed by atoms with Crippen molar-refractivity contribution in [1.29, 1.82) is 0 Å². The van der Waals surface area contributed by atoms with Crippen molar-refractivity contribution in [3.63, 3.8) is 0 Å². The summed E-state index contributed by atoms with van der Waals surface area (Å²) >= 11 is 12.1. The number of anilines is 1. The zero-order valence-electron chi connectivity index (χ0n) is 16.1. The minimum atomic E-state index is -4.06. The molecule has 2 aromatic rings. The van der Waals surface area contributed by atoms with E-state index in [0.29, 0.717) is 10.0 Å². The van der Waals surface area contributed by atoms with Gasteiger partial charge in [-0.25, -0.2) is 8.42 Å². The number of nitrogens with zero attached hydrogens (tertiary/aromatic N) is 2. The van der Waals surface area contributed by atoms with Crippen LogP contribution >= 0.6 is 23.2 Å². The van der Waals surface area contributed by atoms with Crippen LogP contribution < -0.4 is 5.32 Å². The molecule has 0 bridgehead atoms. The highest BCUT2D eigenvalue weighted by molar-refractivity contribution is 7.89. The molecule has 0 unspecified atom stereocenters. The molecule has 0 heterocycles. The maximum Gasteiger partial charge on any atom is 0.266 e. The van der Waals surface area contributed by atoms with Crippen LogP contribution in [0.4, 0.5) is 5.69 Å². The van der Waals surface area contributed by atoms with Crippen molar-refractivity contribution < 1.29 is 22.8 Å². The minimum Gasteiger partial charge on any atom is -0.345 e. The highest BCUT2D eigenvalue weighted by atomic mass is 35.5. The molecule has 0 aromatic heterocycles. The number of hydroxylamine groups is 1. The van der Waals surface area contributed by atoms with Crippen LogP contribution in [0.25, 0.3) is 0 Å². The van der Waals surface area contributed by atoms with E-state index in [0.717, 1.165) is 6.07 Å². The first kappa shape index (κ1) is 23.1. The molecular formula is C18H19Cl2N3O5S. The van der Waals surface area contributed by atoms with Crippen molar-refractivity contribution in [1.82, 2.24) is 9.37 Å². The third kappa shape index (κ3) is 5.06. The lowest BCUT2D eigenvalue weighted by Gasteiger charge is -2.16. The smallest absolute Gasteiger partial charge is 0.266 e. The SMILES string of the molecule is CON(C)S(=O)(=O)c1cc(C(=O)Nc2cc(C(=O)N(C)C)ccc2Cl)ccc1Cl. The van der Waals surface area contributed by atoms with Gasteiger partial charge in [0.25, 0.3) is 21.8 Å². The highest BCUT2D eigenvalue weighted by Crippen LogP contribution is 2.27. The Morgan fingerprint density at radius 2 is 1.55 bits per heavy atom. The summed E-state index contributed by atoms with van der Waals surface area (Å²) in [4.78, 5) is 30.6. The fourth-order valence-electron chi connectivity index (χ4n) is 2.29. The van der Waals surface area contributed by atoms with Gasteiger partial charge in [-0.1, -0.05) is 27.7 Å². The van der Waals surface area contributed by atoms with Gasteiger partial charge in [-0.05, 0) is 36.4 Å². The first-order chi connectivity index (χ1) is 13.5. The van der Waals surface area contributed by atoms with E-state index in [1.54, 1.807) is 14.1 Å². The van der Waals surface area contributed by atoms with Crippen molar-refractivity contribution in [2.75, 3.05) is 33.6 Å². The summed E-state index contributed by atoms with van der Waals surface area (Å²) in [5.41, 5.74) is 0.561. The molecule has 11 heteroatoms. The van der Waals surface area contributed by atoms with Crippen molar-refractivity contribution in [3.05, 3.63) is 57.6 Å². The predicted molar refractivity (Wildman–Crippen MR) is 111 cm³/mol. The van der Waals surface area contributed by atoms with Crippen LogP contribution in [0.5, 0.6) is 0 Å². The molecule has 0 atom stereocenters. The summed E-state index contributed by atoms with van der Waals surface area (Å²) in [6.07, 6.45) is 0. The standard InChI is InChI=1S/C18H19Cl2N3O5S/c1-22(2)18(25)12-6-7-13(19)15(9-12)21-17(24)11-5-8-14(20)16(10-11)29(26,27)23(3)28-4/h5-10H,1-4H3,(H,21,24). The lowest BCUT2D eigenvalue weighted by molar-refractivity contribution is -0.0258. The largest absolute Gasteiger partial charge is 0.345 e. The molecule has 2 amide bonds. The average Bonchev–Trinajstić information content (AvgIpc) is 2.68. The first-order valence-electron chi connectivity index (χ1n) is 8.14. The van der Waals surface area contributed by atoms with E-state index in [4.69, 9.17) is 28.0 Å². The van der Waals surface area contributed by atoms with Crippen LogP contribution in [-0.4, -0.2) is 57.9 Å². The number of sulfonamides is 1. The van der Waals surface area contributed by atoms with Crippen LogP contribution in [0.15, 0.2) is 41.3 Å². The second kappa shape index (κ2) is 9.10. The lowest BCUT2D eigenvalue weighted by Crippen LogP contribution is -2.26. The minimum absolute atomic E-state index is 0.0258. The average molecular weight is 460 g/mol. The summed E-state index contributed by atoms with van der Waals surface area (Å²) in [5.74, 6) is -0.894. The van der Waals surface area contributed by atoms with Gasteiger partial charge >= 0.3 is 0 Å². The third-order valence-corrected chi connectivity index (χ3v) is 6.43. The van der Waals surface area contributed by atoms with Gasteiger partial charge in [-0.3, -0.25) is 14.4 Å². The summed E-state index contributed by atoms with van der Waals surface area (Å²) in [5, 5.41) is 2.73. The molecule has 0 fully saturated rings. The summed E-state index contributed by atoms with van der Waals surface area (Å²) in [6, 6.07) is 8.25. The van der Waals surface area contributed by atoms with Crippen LogP contribution in [0, 0.1) is 0 Å². The number of carbonyl (C=O) groups is 2. The van der Waals surface area contributed by atoms with Crippen molar-refractivity contribution in [2.24, 2.45) is 0 Å². The normalized spacial score (nSPS) is 11.4. The fourth-order valence-corrected chi connectivity index (χ4v) is 3.92. The Balaban J connectivity index is 2.39. The molecule has 8 nitrogen and oxygen atoms in total. The monoisotopic (exact) mass is 459 g/mol. The van der Waals surface area contributed by atoms with Crippen LogP contribution in [0.1, 0.15) is 20.7 Å². The van der Waals surface area contributed by atoms with Crippen molar-refractivity contribution in [2.45, 2.75) is 4.90 Å². The Kier molecular flexibility index (Phi) is 7.25. The zero-order chi connectivity index (χ0) is 21.9. The maximum atomic E-state index is 12.7. The summed E-state index contributed by atoms with van der Waals surface area (Å²) in [7, 11) is 1.52. The Hall–Kier alpha value is -2.17. The van der Waals surface area contributed by atoms with Gasteiger partial charge in [0, 0.05) is 32.3 Å². The fraction of sp³-hybridized carbons (Fsp3) is 0.222. The zero-order valence-corrected chi connectivity index (χ0v) is 18.4. The molecule has 0 saturated heterocycles. The van der Waals surface area contributed by atoms with Crippen molar-refractivity contribution >= 4 is 50.7 Å². The van der Waals surface area contributed by atoms with E-state index < -0.39 is 15.9 Å². The van der Waals surface area contributed by atoms with Gasteiger partial charge in [-0.15, -0.1) is 0 Å². The van der Waals surface area contributed by atoms with Crippen molar-refractivity contribution in [3.8, 4) is 0 Å². The second-order valence-corrected chi connectivity index (χ2v) is 8.81. The molecule has 156 valence electrons. The Bertz CT molecular complexity index is 1060. The number of rotatable bonds is 6. The molecule has 2 rings (SSSR count). The Morgan fingerprint density at radius 1 is 0.966 bits per heavy atom. The van der Waals surface area contributed by atoms with E-state index in [9.17, 15) is 18.0 Å². The third-order valence-electron chi connectivity index (χ3n) is 3.93. The second-order valence-electron chi connectivity index (χ2n) is 6.09. The first-order valence-corrected chi connectivity index (χ1v) is 10.3. The Morgan fingerprint density at radius 3 is 2.14 bits per heavy atom. The molecule has 0 aliphatic rings. The van der Waals surface area contributed by atoms with Gasteiger partial charge in [0.2, 0.25) is 0 Å². The molecule has 29 heavy (non-hydrogen) atoms. The van der Waals surface area contributed by atoms with E-state index in [1.807, 2.05) is 0 Å². The molecule has 0 aliphatic heterocycles. The van der Waals surface area contributed by atoms with E-state index in [-0.39, 0.29) is 32.1 Å². The number of hydrogen-bond acceptors (Lipinski definition) is 5. The number of halogens is 2. The van der Waals surface area contributed by atoms with Gasteiger partial charge < -0.3 is 10.2 Å². The number of carbonyl (C=O) groups excluding carboxylic acids is 2. The quantitative estimate of drug-likeness (QED) is 0.669. The molecular weight excluding hydrogens is 441 g/mol. The highest BCUT2D eigenvalue weighted by Gasteiger charge is 2.25. The van der Waals surface area contributed by atoms with Crippen LogP contribution in [0.3, 0.4) is 0 Å². The topological polar surface area (TPSA) is 96.0 Å². The molecule has 2 aromatic carbocycles. The molecule has 0 radical (unpaired) electrons. The predicted octanol–water partition coefficient (Wildman–Crippen LogP) is 3.13. The maximum absolute atomic E-state index is 12.7. The van der Waals surface area contributed by atoms with Crippen LogP contribution in [-0.2, 0) is 14.9 Å². The molecule has 1 N–H and O–H groups in total. The molecule has 0 aliphatic carbocycles. The van der Waals surface area contributed by atoms with E-state index >= 15 is 0 Å². The van der Waals surface area contributed by atoms with Gasteiger partial charge in [0.05, 0.1) is 22.8 Å². The van der Waals surface area contributed by atoms with Gasteiger partial charge in [0.1, 0.15) is 4.90 Å². The lowest BCUT2D eigenvalue weighted by atomic mass is 10.1. The number of amides is 2. The van der Waals surface area contributed by atoms with Gasteiger partial charge in [-0.2, -0.15) is 0 Å². The summed E-state index contributed by atoms with van der Waals surface area (Å²) < 4.78 is 25.6. The number of nitrogens with one attached hydrogen (secondary N) is 1. The van der Waals surface area contributed by atoms with Gasteiger partial charge in [0.15, 0.2) is 0 Å². The summed E-state index contributed by atoms with van der Waals surface area (Å²) in [6.45, 7) is 0. The van der Waals surface area contributed by atoms with Crippen LogP contribution in [0.2, 0.25) is 10.0 Å². The number of hydrogen-bond donors (Lipinski definition) is 1. The number of benzene rings is 2. The van der Waals surface area contributed by atoms with E-state index in [2.05, 4.69) is 5.32 Å². The molecule has 0 spiro atoms. The molecule has 0 saturated carbocycles. The Labute approximate surface area is 179 Å². The van der Waals surface area contributed by atoms with E-state index in [1.165, 1.54) is 49.4 Å².